The van der Waals surface area contributed by atoms with Gasteiger partial charge in [-0.05, 0) is 47.1 Å². The average molecular weight is 459 g/mol. The van der Waals surface area contributed by atoms with E-state index in [1.807, 2.05) is 0 Å². The van der Waals surface area contributed by atoms with Crippen molar-refractivity contribution >= 4 is 23.5 Å². The van der Waals surface area contributed by atoms with Gasteiger partial charge < -0.3 is 20.1 Å². The van der Waals surface area contributed by atoms with Gasteiger partial charge in [-0.15, -0.1) is 0 Å². The van der Waals surface area contributed by atoms with E-state index in [1.54, 1.807) is 40.7 Å². The van der Waals surface area contributed by atoms with E-state index in [4.69, 9.17) is 9.47 Å². The van der Waals surface area contributed by atoms with Crippen molar-refractivity contribution in [2.75, 3.05) is 7.11 Å². The lowest BCUT2D eigenvalue weighted by Crippen LogP contribution is -2.45. The molecule has 0 aromatic heterocycles. The maximum absolute atomic E-state index is 13.3. The Morgan fingerprint density at radius 2 is 1.76 bits per heavy atom. The summed E-state index contributed by atoms with van der Waals surface area (Å²) < 4.78 is 10.2. The number of non-ortho nitro benzene ring substituents is 1. The monoisotopic (exact) mass is 459 g/mol. The number of methoxy groups -OCH3 is 1. The zero-order chi connectivity index (χ0) is 25.1. The molecule has 2 N–H and O–H groups in total. The first-order chi connectivity index (χ1) is 15.3. The number of nitrogens with zero attached hydrogens (tertiary/aromatic N) is 1. The summed E-state index contributed by atoms with van der Waals surface area (Å²) in [4.78, 5) is 49.1. The van der Waals surface area contributed by atoms with Gasteiger partial charge in [0.1, 0.15) is 11.6 Å². The highest BCUT2D eigenvalue weighted by Gasteiger charge is 2.38. The van der Waals surface area contributed by atoms with Crippen LogP contribution in [0, 0.1) is 10.1 Å². The van der Waals surface area contributed by atoms with Gasteiger partial charge in [0.2, 0.25) is 0 Å². The summed E-state index contributed by atoms with van der Waals surface area (Å²) in [5, 5.41) is 16.9. The van der Waals surface area contributed by atoms with E-state index < -0.39 is 40.3 Å². The Morgan fingerprint density at radius 1 is 1.15 bits per heavy atom. The van der Waals surface area contributed by atoms with Crippen molar-refractivity contribution in [3.63, 3.8) is 0 Å². The van der Waals surface area contributed by atoms with Crippen molar-refractivity contribution in [2.45, 2.75) is 59.1 Å². The van der Waals surface area contributed by atoms with Crippen LogP contribution in [-0.4, -0.2) is 41.5 Å². The molecule has 0 fully saturated rings. The Bertz CT molecular complexity index is 1050. The minimum absolute atomic E-state index is 0.136. The second kappa shape index (κ2) is 9.85. The van der Waals surface area contributed by atoms with E-state index in [0.29, 0.717) is 17.0 Å². The van der Waals surface area contributed by atoms with Crippen LogP contribution >= 0.6 is 0 Å². The number of nitrogens with one attached hydrogen (secondary N) is 2. The molecule has 1 amide bonds. The van der Waals surface area contributed by atoms with Gasteiger partial charge >= 0.3 is 11.9 Å². The quantitative estimate of drug-likeness (QED) is 0.376. The zero-order valence-corrected chi connectivity index (χ0v) is 19.8. The van der Waals surface area contributed by atoms with E-state index in [1.165, 1.54) is 32.2 Å². The summed E-state index contributed by atoms with van der Waals surface area (Å²) in [6.07, 6.45) is 0. The average Bonchev–Trinajstić information content (AvgIpc) is 2.71. The van der Waals surface area contributed by atoms with Gasteiger partial charge in [-0.3, -0.25) is 14.9 Å². The van der Waals surface area contributed by atoms with Crippen molar-refractivity contribution in [1.29, 1.82) is 0 Å². The second-order valence-corrected chi connectivity index (χ2v) is 8.71. The highest BCUT2D eigenvalue weighted by atomic mass is 16.6. The van der Waals surface area contributed by atoms with Crippen LogP contribution in [0.3, 0.4) is 0 Å². The molecule has 0 spiro atoms. The molecule has 1 aromatic rings. The van der Waals surface area contributed by atoms with Crippen molar-refractivity contribution in [1.82, 2.24) is 10.6 Å². The molecule has 0 saturated heterocycles. The van der Waals surface area contributed by atoms with Crippen LogP contribution in [-0.2, 0) is 23.9 Å². The molecule has 33 heavy (non-hydrogen) atoms. The van der Waals surface area contributed by atoms with Gasteiger partial charge in [-0.25, -0.2) is 9.59 Å². The highest BCUT2D eigenvalue weighted by Crippen LogP contribution is 2.39. The van der Waals surface area contributed by atoms with Gasteiger partial charge in [0.05, 0.1) is 23.5 Å². The fourth-order valence-corrected chi connectivity index (χ4v) is 3.55. The van der Waals surface area contributed by atoms with Gasteiger partial charge in [-0.1, -0.05) is 12.1 Å². The Balaban J connectivity index is 2.54. The molecule has 1 aromatic carbocycles. The third-order valence-corrected chi connectivity index (χ3v) is 4.93. The first-order valence-corrected chi connectivity index (χ1v) is 10.3. The lowest BCUT2D eigenvalue weighted by molar-refractivity contribution is -0.384. The fourth-order valence-electron chi connectivity index (χ4n) is 3.55. The molecule has 1 heterocycles. The van der Waals surface area contributed by atoms with Gasteiger partial charge in [-0.2, -0.15) is 0 Å². The topological polar surface area (TPSA) is 137 Å². The van der Waals surface area contributed by atoms with Crippen LogP contribution in [0.25, 0.3) is 0 Å². The fraction of sp³-hybridized carbons (Fsp3) is 0.435. The molecule has 10 nitrogen and oxygen atoms in total. The Morgan fingerprint density at radius 3 is 2.30 bits per heavy atom. The van der Waals surface area contributed by atoms with E-state index in [2.05, 4.69) is 10.6 Å². The maximum atomic E-state index is 13.3. The third kappa shape index (κ3) is 5.97. The lowest BCUT2D eigenvalue weighted by Gasteiger charge is -2.31. The molecule has 178 valence electrons. The van der Waals surface area contributed by atoms with E-state index in [9.17, 15) is 24.5 Å². The molecule has 1 aliphatic heterocycles. The summed E-state index contributed by atoms with van der Waals surface area (Å²) in [6.45, 7) is 9.93. The van der Waals surface area contributed by atoms with Crippen molar-refractivity contribution in [2.24, 2.45) is 0 Å². The van der Waals surface area contributed by atoms with Crippen LogP contribution < -0.4 is 10.6 Å². The summed E-state index contributed by atoms with van der Waals surface area (Å²) in [5.74, 6) is -2.88. The smallest absolute Gasteiger partial charge is 0.336 e. The van der Waals surface area contributed by atoms with Crippen molar-refractivity contribution in [3.05, 3.63) is 62.5 Å². The molecule has 0 radical (unpaired) electrons. The zero-order valence-electron chi connectivity index (χ0n) is 19.8. The van der Waals surface area contributed by atoms with Crippen LogP contribution in [0.2, 0.25) is 0 Å². The highest BCUT2D eigenvalue weighted by molar-refractivity contribution is 6.03. The van der Waals surface area contributed by atoms with Gasteiger partial charge in [0, 0.05) is 29.1 Å². The van der Waals surface area contributed by atoms with Crippen LogP contribution in [0.5, 0.6) is 0 Å². The number of carbonyl (C=O) groups is 3. The number of ether oxygens (including phenoxy) is 2. The number of hydrogen-bond acceptors (Lipinski definition) is 8. The number of nitro groups is 1. The molecule has 0 saturated carbocycles. The maximum Gasteiger partial charge on any atom is 0.336 e. The summed E-state index contributed by atoms with van der Waals surface area (Å²) in [7, 11) is 1.21. The number of benzene rings is 1. The molecule has 10 heteroatoms. The number of allylic oxidation sites excluding steroid dienone is 2. The number of hydrogen-bond donors (Lipinski definition) is 2. The first kappa shape index (κ1) is 25.6. The molecular formula is C23H29N3O7. The summed E-state index contributed by atoms with van der Waals surface area (Å²) >= 11 is 0. The van der Waals surface area contributed by atoms with Crippen LogP contribution in [0.15, 0.2) is 46.8 Å². The minimum Gasteiger partial charge on any atom is -0.466 e. The van der Waals surface area contributed by atoms with Gasteiger partial charge in [0.15, 0.2) is 0 Å². The number of amides is 1. The first-order valence-electron chi connectivity index (χ1n) is 10.3. The molecule has 2 rings (SSSR count). The molecule has 1 unspecified atom stereocenters. The Hall–Kier alpha value is -3.69. The Kier molecular flexibility index (Phi) is 7.63. The predicted molar refractivity (Wildman–Crippen MR) is 120 cm³/mol. The summed E-state index contributed by atoms with van der Waals surface area (Å²) in [6, 6.07) is 4.73. The standard InChI is InChI=1S/C23H29N3O7/c1-12-17(20(27)25-14(3)21(28)33-23(4,5)6)19(18(13(2)24-12)22(29)32-7)15-9-8-10-16(11-15)26(30)31/h8-11,14,19,24H,1-7H3,(H,25,27)/t14-,19?/m0/s1. The second-order valence-electron chi connectivity index (χ2n) is 8.71. The largest absolute Gasteiger partial charge is 0.466 e. The number of dihydropyridines is 1. The third-order valence-electron chi connectivity index (χ3n) is 4.93. The molecule has 1 aliphatic rings. The SMILES string of the molecule is COC(=O)C1=C(C)NC(C)=C(C(=O)N[C@@H](C)C(=O)OC(C)(C)C)C1c1cccc([N+](=O)[O-])c1. The molecule has 0 bridgehead atoms. The Labute approximate surface area is 192 Å². The number of esters is 2. The molecular weight excluding hydrogens is 430 g/mol. The molecule has 0 aliphatic carbocycles. The normalized spacial score (nSPS) is 17.1. The van der Waals surface area contributed by atoms with Crippen LogP contribution in [0.4, 0.5) is 5.69 Å². The van der Waals surface area contributed by atoms with Crippen LogP contribution in [0.1, 0.15) is 53.0 Å². The van der Waals surface area contributed by atoms with E-state index >= 15 is 0 Å². The lowest BCUT2D eigenvalue weighted by atomic mass is 9.80. The number of nitro benzene ring substituents is 1. The van der Waals surface area contributed by atoms with E-state index in [0.717, 1.165) is 0 Å². The minimum atomic E-state index is -0.976. The van der Waals surface area contributed by atoms with Crippen molar-refractivity contribution in [3.8, 4) is 0 Å². The molecule has 2 atom stereocenters. The summed E-state index contributed by atoms with van der Waals surface area (Å²) in [5.41, 5.74) is 0.599. The number of carbonyl (C=O) groups excluding carboxylic acids is 3. The van der Waals surface area contributed by atoms with Gasteiger partial charge in [0.25, 0.3) is 11.6 Å². The van der Waals surface area contributed by atoms with Crippen molar-refractivity contribution < 1.29 is 28.8 Å². The predicted octanol–water partition coefficient (Wildman–Crippen LogP) is 2.85. The number of rotatable bonds is 6. The van der Waals surface area contributed by atoms with E-state index in [-0.39, 0.29) is 16.8 Å².